The predicted molar refractivity (Wildman–Crippen MR) is 116 cm³/mol. The molecular weight excluding hydrogens is 402 g/mol. The van der Waals surface area contributed by atoms with E-state index in [0.717, 1.165) is 21.6 Å². The number of carbonyl (C=O) groups is 1. The van der Waals surface area contributed by atoms with Gasteiger partial charge < -0.3 is 19.5 Å². The van der Waals surface area contributed by atoms with Crippen LogP contribution in [0, 0.1) is 0 Å². The zero-order chi connectivity index (χ0) is 21.1. The summed E-state index contributed by atoms with van der Waals surface area (Å²) in [6.45, 7) is 0. The summed E-state index contributed by atoms with van der Waals surface area (Å²) in [5, 5.41) is 4.63. The number of nitrogens with zero attached hydrogens (tertiary/aromatic N) is 2. The molecule has 4 rings (SSSR count). The van der Waals surface area contributed by atoms with Crippen molar-refractivity contribution in [2.24, 2.45) is 0 Å². The first-order chi connectivity index (χ1) is 14.6. The third-order valence-electron chi connectivity index (χ3n) is 4.60. The second-order valence-electron chi connectivity index (χ2n) is 6.33. The number of pyridine rings is 2. The van der Waals surface area contributed by atoms with Gasteiger partial charge in [0.1, 0.15) is 5.82 Å². The Morgan fingerprint density at radius 1 is 1.00 bits per heavy atom. The Kier molecular flexibility index (Phi) is 5.58. The molecule has 0 unspecified atom stereocenters. The quantitative estimate of drug-likeness (QED) is 0.470. The number of carbonyl (C=O) groups excluding carboxylic acids is 1. The van der Waals surface area contributed by atoms with E-state index >= 15 is 0 Å². The van der Waals surface area contributed by atoms with Crippen LogP contribution in [0.15, 0.2) is 59.2 Å². The van der Waals surface area contributed by atoms with Crippen LogP contribution in [0.2, 0.25) is 0 Å². The molecule has 1 aromatic carbocycles. The molecule has 1 amide bonds. The molecular formula is C22H19N3O4S. The van der Waals surface area contributed by atoms with E-state index in [0.29, 0.717) is 28.6 Å². The van der Waals surface area contributed by atoms with E-state index in [4.69, 9.17) is 14.2 Å². The summed E-state index contributed by atoms with van der Waals surface area (Å²) in [6.07, 6.45) is 5.17. The summed E-state index contributed by atoms with van der Waals surface area (Å²) in [5.41, 5.74) is 2.95. The van der Waals surface area contributed by atoms with Crippen LogP contribution < -0.4 is 19.5 Å². The van der Waals surface area contributed by atoms with Gasteiger partial charge in [-0.2, -0.15) is 0 Å². The fraction of sp³-hybridized carbons (Fsp3) is 0.136. The lowest BCUT2D eigenvalue weighted by Crippen LogP contribution is -2.03. The zero-order valence-electron chi connectivity index (χ0n) is 16.6. The summed E-state index contributed by atoms with van der Waals surface area (Å²) in [7, 11) is 4.70. The minimum absolute atomic E-state index is 0.184. The SMILES string of the molecule is COc1cc(-c2cnc3c(c2)C(=CSc2cccnc2)C(=O)N3)cc(OC)c1OC. The van der Waals surface area contributed by atoms with E-state index in [1.54, 1.807) is 39.9 Å². The molecule has 3 heterocycles. The number of rotatable bonds is 6. The van der Waals surface area contributed by atoms with Gasteiger partial charge in [-0.1, -0.05) is 11.8 Å². The second kappa shape index (κ2) is 8.46. The number of nitrogens with one attached hydrogen (secondary N) is 1. The van der Waals surface area contributed by atoms with Crippen molar-refractivity contribution in [2.75, 3.05) is 26.6 Å². The maximum Gasteiger partial charge on any atom is 0.258 e. The van der Waals surface area contributed by atoms with Gasteiger partial charge in [-0.05, 0) is 41.3 Å². The standard InChI is InChI=1S/C22H19N3O4S/c1-27-18-8-13(9-19(28-2)20(18)29-3)14-7-16-17(22(26)25-21(16)24-10-14)12-30-15-5-4-6-23-11-15/h4-12H,1-3H3,(H,24,25,26). The van der Waals surface area contributed by atoms with Crippen molar-refractivity contribution in [2.45, 2.75) is 4.90 Å². The molecule has 0 spiro atoms. The van der Waals surface area contributed by atoms with Gasteiger partial charge in [-0.3, -0.25) is 9.78 Å². The summed E-state index contributed by atoms with van der Waals surface area (Å²) >= 11 is 1.43. The first-order valence-corrected chi connectivity index (χ1v) is 9.91. The summed E-state index contributed by atoms with van der Waals surface area (Å²) < 4.78 is 16.3. The molecule has 1 aliphatic rings. The number of hydrogen-bond acceptors (Lipinski definition) is 7. The van der Waals surface area contributed by atoms with E-state index in [-0.39, 0.29) is 5.91 Å². The Balaban J connectivity index is 1.74. The van der Waals surface area contributed by atoms with Gasteiger partial charge in [-0.25, -0.2) is 4.98 Å². The highest BCUT2D eigenvalue weighted by molar-refractivity contribution is 8.02. The van der Waals surface area contributed by atoms with E-state index in [1.165, 1.54) is 11.8 Å². The predicted octanol–water partition coefficient (Wildman–Crippen LogP) is 4.25. The number of methoxy groups -OCH3 is 3. The van der Waals surface area contributed by atoms with E-state index in [1.807, 2.05) is 35.7 Å². The molecule has 3 aromatic rings. The van der Waals surface area contributed by atoms with Gasteiger partial charge in [0.05, 0.1) is 26.9 Å². The lowest BCUT2D eigenvalue weighted by molar-refractivity contribution is -0.110. The number of thioether (sulfide) groups is 1. The molecule has 0 saturated heterocycles. The Bertz CT molecular complexity index is 1110. The minimum Gasteiger partial charge on any atom is -0.493 e. The van der Waals surface area contributed by atoms with Crippen LogP contribution in [0.1, 0.15) is 5.56 Å². The third-order valence-corrected chi connectivity index (χ3v) is 5.47. The Hall–Kier alpha value is -3.52. The van der Waals surface area contributed by atoms with Crippen LogP contribution in [-0.4, -0.2) is 37.2 Å². The molecule has 1 aliphatic heterocycles. The number of aromatic nitrogens is 2. The van der Waals surface area contributed by atoms with Gasteiger partial charge in [0, 0.05) is 34.6 Å². The molecule has 30 heavy (non-hydrogen) atoms. The fourth-order valence-electron chi connectivity index (χ4n) is 3.13. The number of ether oxygens (including phenoxy) is 3. The molecule has 2 aromatic heterocycles. The summed E-state index contributed by atoms with van der Waals surface area (Å²) in [5.74, 6) is 1.96. The Labute approximate surface area is 178 Å². The van der Waals surface area contributed by atoms with Gasteiger partial charge in [0.2, 0.25) is 5.75 Å². The maximum atomic E-state index is 12.5. The first-order valence-electron chi connectivity index (χ1n) is 9.03. The van der Waals surface area contributed by atoms with Crippen molar-refractivity contribution in [1.82, 2.24) is 9.97 Å². The highest BCUT2D eigenvalue weighted by atomic mass is 32.2. The number of amides is 1. The van der Waals surface area contributed by atoms with Crippen LogP contribution in [0.4, 0.5) is 5.82 Å². The zero-order valence-corrected chi connectivity index (χ0v) is 17.4. The van der Waals surface area contributed by atoms with E-state index in [2.05, 4.69) is 15.3 Å². The number of fused-ring (bicyclic) bond motifs is 1. The molecule has 0 saturated carbocycles. The molecule has 8 heteroatoms. The highest BCUT2D eigenvalue weighted by Crippen LogP contribution is 2.42. The molecule has 0 atom stereocenters. The number of benzene rings is 1. The molecule has 152 valence electrons. The molecule has 0 aliphatic carbocycles. The topological polar surface area (TPSA) is 82.6 Å². The van der Waals surface area contributed by atoms with Crippen molar-refractivity contribution in [3.05, 3.63) is 59.9 Å². The molecule has 0 fully saturated rings. The highest BCUT2D eigenvalue weighted by Gasteiger charge is 2.26. The van der Waals surface area contributed by atoms with Crippen molar-refractivity contribution < 1.29 is 19.0 Å². The van der Waals surface area contributed by atoms with Crippen LogP contribution >= 0.6 is 11.8 Å². The van der Waals surface area contributed by atoms with E-state index in [9.17, 15) is 4.79 Å². The van der Waals surface area contributed by atoms with Crippen molar-refractivity contribution in [3.63, 3.8) is 0 Å². The van der Waals surface area contributed by atoms with Crippen molar-refractivity contribution in [3.8, 4) is 28.4 Å². The number of anilines is 1. The van der Waals surface area contributed by atoms with Crippen LogP contribution in [-0.2, 0) is 4.79 Å². The average Bonchev–Trinajstić information content (AvgIpc) is 3.11. The Morgan fingerprint density at radius 2 is 1.77 bits per heavy atom. The lowest BCUT2D eigenvalue weighted by Gasteiger charge is -2.14. The average molecular weight is 421 g/mol. The fourth-order valence-corrected chi connectivity index (χ4v) is 3.90. The molecule has 7 nitrogen and oxygen atoms in total. The summed E-state index contributed by atoms with van der Waals surface area (Å²) in [4.78, 5) is 22.0. The van der Waals surface area contributed by atoms with Crippen LogP contribution in [0.5, 0.6) is 17.2 Å². The van der Waals surface area contributed by atoms with Gasteiger partial charge in [-0.15, -0.1) is 0 Å². The van der Waals surface area contributed by atoms with Gasteiger partial charge >= 0.3 is 0 Å². The largest absolute Gasteiger partial charge is 0.493 e. The summed E-state index contributed by atoms with van der Waals surface area (Å²) in [6, 6.07) is 9.42. The van der Waals surface area contributed by atoms with Crippen LogP contribution in [0.25, 0.3) is 16.7 Å². The smallest absolute Gasteiger partial charge is 0.258 e. The molecule has 0 bridgehead atoms. The number of hydrogen-bond donors (Lipinski definition) is 1. The minimum atomic E-state index is -0.184. The first kappa shape index (κ1) is 19.8. The third kappa shape index (κ3) is 3.69. The van der Waals surface area contributed by atoms with Gasteiger partial charge in [0.15, 0.2) is 11.5 Å². The van der Waals surface area contributed by atoms with Gasteiger partial charge in [0.25, 0.3) is 5.91 Å². The Morgan fingerprint density at radius 3 is 2.40 bits per heavy atom. The van der Waals surface area contributed by atoms with Crippen LogP contribution in [0.3, 0.4) is 0 Å². The maximum absolute atomic E-state index is 12.5. The van der Waals surface area contributed by atoms with Crippen molar-refractivity contribution >= 4 is 29.1 Å². The van der Waals surface area contributed by atoms with E-state index < -0.39 is 0 Å². The molecule has 0 radical (unpaired) electrons. The molecule has 1 N–H and O–H groups in total. The normalized spacial score (nSPS) is 13.7. The van der Waals surface area contributed by atoms with Crippen molar-refractivity contribution in [1.29, 1.82) is 0 Å². The lowest BCUT2D eigenvalue weighted by atomic mass is 10.0. The monoisotopic (exact) mass is 421 g/mol. The second-order valence-corrected chi connectivity index (χ2v) is 7.27.